The van der Waals surface area contributed by atoms with Gasteiger partial charge in [0.15, 0.2) is 0 Å². The van der Waals surface area contributed by atoms with Crippen LogP contribution >= 0.6 is 0 Å². The number of benzene rings is 1. The standard InChI is InChI=1S/C16H21N3O4S/c1-2-15-17-18-16(23-15)14-12-19(9-10-22-14)24(20,21)11-8-13-6-4-3-5-7-13/h3-7,14H,2,8-12H2,1H3/t14-/m1/s1. The Labute approximate surface area is 141 Å². The molecule has 3 rings (SSSR count). The summed E-state index contributed by atoms with van der Waals surface area (Å²) in [4.78, 5) is 0. The van der Waals surface area contributed by atoms with Crippen LogP contribution in [0.2, 0.25) is 0 Å². The second kappa shape index (κ2) is 7.42. The Balaban J connectivity index is 1.64. The Hall–Kier alpha value is -1.77. The maximum atomic E-state index is 12.6. The first-order valence-corrected chi connectivity index (χ1v) is 9.65. The molecule has 1 atom stereocenters. The molecule has 0 radical (unpaired) electrons. The molecule has 2 aromatic rings. The Kier molecular flexibility index (Phi) is 5.27. The highest BCUT2D eigenvalue weighted by molar-refractivity contribution is 7.89. The number of rotatable bonds is 6. The van der Waals surface area contributed by atoms with Crippen LogP contribution in [0.25, 0.3) is 0 Å². The van der Waals surface area contributed by atoms with Crippen LogP contribution in [-0.2, 0) is 27.6 Å². The molecule has 1 aromatic carbocycles. The van der Waals surface area contributed by atoms with E-state index >= 15 is 0 Å². The van der Waals surface area contributed by atoms with Crippen LogP contribution in [0, 0.1) is 0 Å². The first-order chi connectivity index (χ1) is 11.6. The van der Waals surface area contributed by atoms with Crippen LogP contribution in [0.5, 0.6) is 0 Å². The van der Waals surface area contributed by atoms with Crippen molar-refractivity contribution in [3.05, 3.63) is 47.7 Å². The third-order valence-electron chi connectivity index (χ3n) is 3.97. The van der Waals surface area contributed by atoms with Crippen molar-refractivity contribution in [3.8, 4) is 0 Å². The summed E-state index contributed by atoms with van der Waals surface area (Å²) >= 11 is 0. The van der Waals surface area contributed by atoms with E-state index in [1.807, 2.05) is 37.3 Å². The third kappa shape index (κ3) is 4.00. The Morgan fingerprint density at radius 2 is 2.04 bits per heavy atom. The quantitative estimate of drug-likeness (QED) is 0.785. The number of ether oxygens (including phenoxy) is 1. The lowest BCUT2D eigenvalue weighted by molar-refractivity contribution is -0.0177. The maximum absolute atomic E-state index is 12.6. The highest BCUT2D eigenvalue weighted by atomic mass is 32.2. The molecule has 0 spiro atoms. The van der Waals surface area contributed by atoms with E-state index in [1.54, 1.807) is 0 Å². The topological polar surface area (TPSA) is 85.5 Å². The van der Waals surface area contributed by atoms with Gasteiger partial charge in [-0.05, 0) is 12.0 Å². The van der Waals surface area contributed by atoms with Gasteiger partial charge in [0.25, 0.3) is 0 Å². The van der Waals surface area contributed by atoms with Crippen molar-refractivity contribution in [3.63, 3.8) is 0 Å². The molecule has 1 aliphatic heterocycles. The van der Waals surface area contributed by atoms with Gasteiger partial charge in [0, 0.05) is 19.5 Å². The molecule has 130 valence electrons. The zero-order chi connectivity index (χ0) is 17.0. The SMILES string of the molecule is CCc1nnc([C@H]2CN(S(=O)(=O)CCc3ccccc3)CCO2)o1. The normalized spacial score (nSPS) is 19.5. The molecule has 0 saturated carbocycles. The number of nitrogens with zero attached hydrogens (tertiary/aromatic N) is 3. The molecular weight excluding hydrogens is 330 g/mol. The van der Waals surface area contributed by atoms with Crippen LogP contribution in [-0.4, -0.2) is 48.4 Å². The van der Waals surface area contributed by atoms with E-state index in [0.29, 0.717) is 37.8 Å². The Bertz CT molecular complexity index is 761. The number of sulfonamides is 1. The number of aromatic nitrogens is 2. The fourth-order valence-electron chi connectivity index (χ4n) is 2.59. The predicted octanol–water partition coefficient (Wildman–Crippen LogP) is 1.58. The van der Waals surface area contributed by atoms with Gasteiger partial charge in [-0.25, -0.2) is 8.42 Å². The van der Waals surface area contributed by atoms with Gasteiger partial charge in [0.1, 0.15) is 6.10 Å². The van der Waals surface area contributed by atoms with E-state index in [0.717, 1.165) is 5.56 Å². The van der Waals surface area contributed by atoms with Crippen molar-refractivity contribution in [2.45, 2.75) is 25.9 Å². The van der Waals surface area contributed by atoms with Crippen molar-refractivity contribution in [2.24, 2.45) is 0 Å². The molecule has 0 amide bonds. The lowest BCUT2D eigenvalue weighted by Gasteiger charge is -2.30. The van der Waals surface area contributed by atoms with Gasteiger partial charge in [-0.3, -0.25) is 0 Å². The van der Waals surface area contributed by atoms with E-state index in [2.05, 4.69) is 10.2 Å². The lowest BCUT2D eigenvalue weighted by atomic mass is 10.2. The van der Waals surface area contributed by atoms with Crippen molar-refractivity contribution in [2.75, 3.05) is 25.4 Å². The maximum Gasteiger partial charge on any atom is 0.246 e. The summed E-state index contributed by atoms with van der Waals surface area (Å²) in [7, 11) is -3.36. The van der Waals surface area contributed by atoms with E-state index in [4.69, 9.17) is 9.15 Å². The van der Waals surface area contributed by atoms with Crippen LogP contribution in [0.3, 0.4) is 0 Å². The highest BCUT2D eigenvalue weighted by Gasteiger charge is 2.32. The molecule has 1 fully saturated rings. The molecule has 2 heterocycles. The molecule has 0 bridgehead atoms. The first kappa shape index (κ1) is 17.1. The molecule has 1 aromatic heterocycles. The first-order valence-electron chi connectivity index (χ1n) is 8.04. The van der Waals surface area contributed by atoms with Crippen LogP contribution in [0.4, 0.5) is 0 Å². The molecule has 0 unspecified atom stereocenters. The van der Waals surface area contributed by atoms with Gasteiger partial charge in [-0.15, -0.1) is 10.2 Å². The monoisotopic (exact) mass is 351 g/mol. The Morgan fingerprint density at radius 3 is 2.75 bits per heavy atom. The largest absolute Gasteiger partial charge is 0.422 e. The summed E-state index contributed by atoms with van der Waals surface area (Å²) in [6, 6.07) is 9.60. The van der Waals surface area contributed by atoms with Gasteiger partial charge >= 0.3 is 0 Å². The number of hydrogen-bond donors (Lipinski definition) is 0. The number of hydrogen-bond acceptors (Lipinski definition) is 6. The minimum absolute atomic E-state index is 0.0772. The lowest BCUT2D eigenvalue weighted by Crippen LogP contribution is -2.43. The van der Waals surface area contributed by atoms with Crippen molar-refractivity contribution in [1.29, 1.82) is 0 Å². The van der Waals surface area contributed by atoms with Gasteiger partial charge in [-0.1, -0.05) is 37.3 Å². The average Bonchev–Trinajstić information content (AvgIpc) is 3.10. The van der Waals surface area contributed by atoms with E-state index < -0.39 is 16.1 Å². The molecule has 24 heavy (non-hydrogen) atoms. The summed E-state index contributed by atoms with van der Waals surface area (Å²) in [5.74, 6) is 0.945. The fourth-order valence-corrected chi connectivity index (χ4v) is 4.06. The smallest absolute Gasteiger partial charge is 0.246 e. The van der Waals surface area contributed by atoms with Crippen LogP contribution in [0.1, 0.15) is 30.4 Å². The molecule has 7 nitrogen and oxygen atoms in total. The minimum Gasteiger partial charge on any atom is -0.422 e. The fraction of sp³-hybridized carbons (Fsp3) is 0.500. The molecular formula is C16H21N3O4S. The molecule has 0 N–H and O–H groups in total. The molecule has 1 aliphatic rings. The van der Waals surface area contributed by atoms with Gasteiger partial charge in [0.2, 0.25) is 21.8 Å². The predicted molar refractivity (Wildman–Crippen MR) is 87.9 cm³/mol. The van der Waals surface area contributed by atoms with E-state index in [9.17, 15) is 8.42 Å². The van der Waals surface area contributed by atoms with Crippen LogP contribution in [0.15, 0.2) is 34.7 Å². The minimum atomic E-state index is -3.36. The summed E-state index contributed by atoms with van der Waals surface area (Å²) in [5, 5.41) is 7.87. The van der Waals surface area contributed by atoms with Crippen molar-refractivity contribution in [1.82, 2.24) is 14.5 Å². The molecule has 0 aliphatic carbocycles. The van der Waals surface area contributed by atoms with Crippen molar-refractivity contribution < 1.29 is 17.6 Å². The number of morpholine rings is 1. The summed E-state index contributed by atoms with van der Waals surface area (Å²) < 4.78 is 37.8. The van der Waals surface area contributed by atoms with E-state index in [1.165, 1.54) is 4.31 Å². The molecule has 1 saturated heterocycles. The Morgan fingerprint density at radius 1 is 1.25 bits per heavy atom. The zero-order valence-electron chi connectivity index (χ0n) is 13.6. The second-order valence-electron chi connectivity index (χ2n) is 5.66. The molecule has 8 heteroatoms. The van der Waals surface area contributed by atoms with Crippen molar-refractivity contribution >= 4 is 10.0 Å². The number of aryl methyl sites for hydroxylation is 2. The van der Waals surface area contributed by atoms with E-state index in [-0.39, 0.29) is 12.3 Å². The summed E-state index contributed by atoms with van der Waals surface area (Å²) in [6.45, 7) is 2.79. The van der Waals surface area contributed by atoms with Gasteiger partial charge in [0.05, 0.1) is 12.4 Å². The zero-order valence-corrected chi connectivity index (χ0v) is 14.4. The highest BCUT2D eigenvalue weighted by Crippen LogP contribution is 2.23. The summed E-state index contributed by atoms with van der Waals surface area (Å²) in [6.07, 6.45) is 0.628. The third-order valence-corrected chi connectivity index (χ3v) is 5.81. The van der Waals surface area contributed by atoms with Crippen LogP contribution < -0.4 is 0 Å². The second-order valence-corrected chi connectivity index (χ2v) is 7.75. The van der Waals surface area contributed by atoms with Gasteiger partial charge in [-0.2, -0.15) is 4.31 Å². The average molecular weight is 351 g/mol. The van der Waals surface area contributed by atoms with Gasteiger partial charge < -0.3 is 9.15 Å². The summed E-state index contributed by atoms with van der Waals surface area (Å²) in [5.41, 5.74) is 1.01.